The van der Waals surface area contributed by atoms with E-state index in [-0.39, 0.29) is 46.3 Å². The first-order chi connectivity index (χ1) is 47.7. The summed E-state index contributed by atoms with van der Waals surface area (Å²) in [6, 6.07) is 90.4. The summed E-state index contributed by atoms with van der Waals surface area (Å²) in [4.78, 5) is 14.1. The third-order valence-electron chi connectivity index (χ3n) is 15.9. The van der Waals surface area contributed by atoms with Crippen LogP contribution in [0.4, 0.5) is 86.8 Å². The maximum absolute atomic E-state index is 11.7. The number of anilines is 6. The molecule has 0 fully saturated rings. The minimum Gasteiger partial charge on any atom is -0.571 e. The van der Waals surface area contributed by atoms with Gasteiger partial charge in [0, 0.05) is 68.4 Å². The number of nitrogens with zero attached hydrogens (tertiary/aromatic N) is 8. The van der Waals surface area contributed by atoms with Gasteiger partial charge in [-0.2, -0.15) is 52.7 Å². The number of hydrogen-bond donors (Lipinski definition) is 0. The number of halogens is 12. The molecule has 0 aliphatic heterocycles. The standard InChI is InChI=1S/2C35H28N2.2C5HF6N2.2Cu/c2*1-25-10-16-32(17-11-25)37(33-18-12-26(2)13-19-33)34-20-14-27(15-21-34)28-8-5-9-30(22-28)35-23-29-6-3-4-7-31(29)24-36-35;2*6-4(7,8)2-1-3(13-12-2)5(9,10)11;;/h2*3-24H,1-2H3;2*1H;;/q;;2*-1;2*+1. The third-order valence-corrected chi connectivity index (χ3v) is 15.9. The molecule has 524 valence electrons. The molecule has 0 saturated carbocycles. The van der Waals surface area contributed by atoms with Crippen LogP contribution in [0.25, 0.3) is 66.3 Å². The van der Waals surface area contributed by atoms with E-state index >= 15 is 0 Å². The normalized spacial score (nSPS) is 11.4. The zero-order chi connectivity index (χ0) is 70.9. The number of alkyl halides is 12. The Hall–Kier alpha value is -10.8. The zero-order valence-electron chi connectivity index (χ0n) is 54.3. The minimum absolute atomic E-state index is 0. The molecule has 0 atom stereocenters. The second-order valence-electron chi connectivity index (χ2n) is 23.3. The van der Waals surface area contributed by atoms with Gasteiger partial charge in [-0.15, -0.1) is 0 Å². The van der Waals surface area contributed by atoms with Crippen molar-refractivity contribution in [2.45, 2.75) is 52.4 Å². The monoisotopic (exact) mass is 1480 g/mol. The van der Waals surface area contributed by atoms with Crippen LogP contribution in [0.3, 0.4) is 0 Å². The first-order valence-corrected chi connectivity index (χ1v) is 31.0. The van der Waals surface area contributed by atoms with Crippen molar-refractivity contribution in [3.8, 4) is 44.8 Å². The zero-order valence-corrected chi connectivity index (χ0v) is 56.2. The molecule has 0 aliphatic carbocycles. The van der Waals surface area contributed by atoms with E-state index in [9.17, 15) is 52.7 Å². The molecule has 4 aromatic heterocycles. The molecule has 0 bridgehead atoms. The van der Waals surface area contributed by atoms with E-state index in [1.807, 2.05) is 24.5 Å². The molecule has 0 unspecified atom stereocenters. The van der Waals surface area contributed by atoms with E-state index in [0.29, 0.717) is 0 Å². The van der Waals surface area contributed by atoms with E-state index in [0.717, 1.165) is 67.4 Å². The van der Waals surface area contributed by atoms with Crippen molar-refractivity contribution in [3.63, 3.8) is 0 Å². The summed E-state index contributed by atoms with van der Waals surface area (Å²) >= 11 is 0. The minimum atomic E-state index is -4.89. The predicted octanol–water partition coefficient (Wildman–Crippen LogP) is 23.5. The van der Waals surface area contributed by atoms with E-state index in [2.05, 4.69) is 301 Å². The van der Waals surface area contributed by atoms with Gasteiger partial charge >= 0.3 is 58.8 Å². The molecule has 10 aromatic carbocycles. The Kier molecular flexibility index (Phi) is 23.9. The van der Waals surface area contributed by atoms with Crippen LogP contribution in [-0.4, -0.2) is 20.2 Å². The number of pyridine rings is 2. The Morgan fingerprint density at radius 1 is 0.265 bits per heavy atom. The number of benzene rings is 10. The van der Waals surface area contributed by atoms with Crippen LogP contribution in [0.5, 0.6) is 0 Å². The van der Waals surface area contributed by atoms with Gasteiger partial charge in [0.2, 0.25) is 0 Å². The van der Waals surface area contributed by atoms with Crippen LogP contribution in [-0.2, 0) is 58.8 Å². The molecule has 14 aromatic rings. The van der Waals surface area contributed by atoms with Crippen LogP contribution in [0, 0.1) is 27.7 Å². The molecular weight excluding hydrogens is 1430 g/mol. The molecule has 4 heterocycles. The Bertz CT molecular complexity index is 4590. The summed E-state index contributed by atoms with van der Waals surface area (Å²) in [6.07, 6.45) is -15.7. The van der Waals surface area contributed by atoms with Crippen LogP contribution >= 0.6 is 0 Å². The van der Waals surface area contributed by atoms with E-state index in [1.165, 1.54) is 55.3 Å². The van der Waals surface area contributed by atoms with Crippen molar-refractivity contribution in [3.05, 3.63) is 324 Å². The van der Waals surface area contributed by atoms with Crippen LogP contribution < -0.4 is 20.0 Å². The van der Waals surface area contributed by atoms with Gasteiger partial charge in [-0.25, -0.2) is 0 Å². The maximum atomic E-state index is 11.7. The topological polar surface area (TPSA) is 86.2 Å². The predicted molar refractivity (Wildman–Crippen MR) is 369 cm³/mol. The molecule has 0 aliphatic rings. The molecule has 8 nitrogen and oxygen atoms in total. The fourth-order valence-corrected chi connectivity index (χ4v) is 10.6. The van der Waals surface area contributed by atoms with Gasteiger partial charge in [0.05, 0.1) is 11.4 Å². The van der Waals surface area contributed by atoms with E-state index in [1.54, 1.807) is 0 Å². The van der Waals surface area contributed by atoms with Crippen molar-refractivity contribution in [1.29, 1.82) is 0 Å². The Balaban J connectivity index is 0.000000174. The van der Waals surface area contributed by atoms with Crippen molar-refractivity contribution in [1.82, 2.24) is 30.4 Å². The van der Waals surface area contributed by atoms with Gasteiger partial charge in [-0.1, -0.05) is 180 Å². The molecule has 0 N–H and O–H groups in total. The fraction of sp³-hybridized carbons (Fsp3) is 0.100. The summed E-state index contributed by atoms with van der Waals surface area (Å²) in [5.74, 6) is 0. The largest absolute Gasteiger partial charge is 1.00 e. The molecule has 0 amide bonds. The summed E-state index contributed by atoms with van der Waals surface area (Å²) in [6.45, 7) is 8.49. The van der Waals surface area contributed by atoms with Gasteiger partial charge in [-0.05, 0) is 181 Å². The second-order valence-corrected chi connectivity index (χ2v) is 23.3. The Morgan fingerprint density at radius 3 is 0.784 bits per heavy atom. The number of fused-ring (bicyclic) bond motifs is 2. The molecule has 0 saturated heterocycles. The van der Waals surface area contributed by atoms with Gasteiger partial charge in [0.25, 0.3) is 0 Å². The van der Waals surface area contributed by atoms with Crippen molar-refractivity contribution in [2.75, 3.05) is 9.80 Å². The Labute approximate surface area is 600 Å². The number of aromatic nitrogens is 6. The average molecular weight is 1490 g/mol. The van der Waals surface area contributed by atoms with Crippen LogP contribution in [0.15, 0.2) is 279 Å². The summed E-state index contributed by atoms with van der Waals surface area (Å²) in [7, 11) is 0. The molecule has 0 spiro atoms. The first-order valence-electron chi connectivity index (χ1n) is 31.0. The number of rotatable bonds is 10. The van der Waals surface area contributed by atoms with Crippen molar-refractivity contribution in [2.24, 2.45) is 0 Å². The molecule has 14 rings (SSSR count). The first kappa shape index (κ1) is 75.4. The van der Waals surface area contributed by atoms with Crippen molar-refractivity contribution >= 4 is 55.7 Å². The quantitative estimate of drug-likeness (QED) is 0.0989. The maximum Gasteiger partial charge on any atom is 1.00 e. The fourth-order valence-electron chi connectivity index (χ4n) is 10.6. The molecular formula is C80H58Cu2F12N8. The number of aryl methyl sites for hydroxylation is 4. The summed E-state index contributed by atoms with van der Waals surface area (Å²) in [5.41, 5.74) is 14.2. The number of hydrogen-bond acceptors (Lipinski definition) is 6. The molecule has 22 heteroatoms. The SMILES string of the molecule is Cc1ccc(N(c2ccc(C)cc2)c2ccc(-c3cccc(-c4cc5ccccc5cn4)c3)cc2)cc1.Cc1ccc(N(c2ccc(C)cc2)c2ccc(-c3cccc(-c4cc5ccccc5cn4)c3)cc2)cc1.FC(F)(F)c1cc(C(F)(F)F)[n-]n1.FC(F)(F)c1cc(C(F)(F)F)[n-]n1.[Cu+].[Cu+]. The van der Waals surface area contributed by atoms with Crippen molar-refractivity contribution < 1.29 is 86.8 Å². The average Bonchev–Trinajstić information content (AvgIpc) is 1.24. The van der Waals surface area contributed by atoms with Gasteiger partial charge in [-0.3, -0.25) is 9.97 Å². The Morgan fingerprint density at radius 2 is 0.529 bits per heavy atom. The van der Waals surface area contributed by atoms with Gasteiger partial charge < -0.3 is 30.2 Å². The smallest absolute Gasteiger partial charge is 0.571 e. The van der Waals surface area contributed by atoms with E-state index in [4.69, 9.17) is 9.97 Å². The van der Waals surface area contributed by atoms with Gasteiger partial charge in [0.15, 0.2) is 0 Å². The van der Waals surface area contributed by atoms with Crippen LogP contribution in [0.2, 0.25) is 0 Å². The summed E-state index contributed by atoms with van der Waals surface area (Å²) in [5, 5.41) is 14.2. The molecule has 0 radical (unpaired) electrons. The summed E-state index contributed by atoms with van der Waals surface area (Å²) < 4.78 is 141. The van der Waals surface area contributed by atoms with Crippen LogP contribution in [0.1, 0.15) is 45.0 Å². The van der Waals surface area contributed by atoms with Gasteiger partial charge in [0.1, 0.15) is 11.4 Å². The molecule has 102 heavy (non-hydrogen) atoms. The van der Waals surface area contributed by atoms with E-state index < -0.39 is 47.5 Å². The third kappa shape index (κ3) is 19.0. The second kappa shape index (κ2) is 32.3.